The molecule has 100 valence electrons. The van der Waals surface area contributed by atoms with E-state index in [1.54, 1.807) is 7.11 Å². The van der Waals surface area contributed by atoms with Crippen LogP contribution in [0.25, 0.3) is 0 Å². The second-order valence-corrected chi connectivity index (χ2v) is 4.75. The average Bonchev–Trinajstić information content (AvgIpc) is 2.38. The van der Waals surface area contributed by atoms with Gasteiger partial charge in [0.1, 0.15) is 5.75 Å². The van der Waals surface area contributed by atoms with Crippen molar-refractivity contribution in [3.8, 4) is 5.75 Å². The van der Waals surface area contributed by atoms with Gasteiger partial charge < -0.3 is 15.2 Å². The van der Waals surface area contributed by atoms with Crippen molar-refractivity contribution in [2.24, 2.45) is 0 Å². The highest BCUT2D eigenvalue weighted by molar-refractivity contribution is 5.47. The molecule has 0 radical (unpaired) electrons. The molecule has 1 aromatic carbocycles. The predicted octanol–water partition coefficient (Wildman–Crippen LogP) is 1.89. The van der Waals surface area contributed by atoms with Crippen LogP contribution in [0.1, 0.15) is 18.9 Å². The van der Waals surface area contributed by atoms with Crippen LogP contribution in [-0.4, -0.2) is 37.8 Å². The van der Waals surface area contributed by atoms with Gasteiger partial charge in [0.15, 0.2) is 0 Å². The monoisotopic (exact) mass is 250 g/mol. The van der Waals surface area contributed by atoms with E-state index in [2.05, 4.69) is 11.8 Å². The van der Waals surface area contributed by atoms with E-state index in [9.17, 15) is 0 Å². The van der Waals surface area contributed by atoms with Gasteiger partial charge in [0, 0.05) is 31.4 Å². The Morgan fingerprint density at radius 1 is 1.44 bits per heavy atom. The summed E-state index contributed by atoms with van der Waals surface area (Å²) in [5.41, 5.74) is 7.82. The van der Waals surface area contributed by atoms with Gasteiger partial charge >= 0.3 is 0 Å². The van der Waals surface area contributed by atoms with Crippen molar-refractivity contribution in [1.82, 2.24) is 4.90 Å². The molecule has 1 heterocycles. The third-order valence-corrected chi connectivity index (χ3v) is 3.31. The molecule has 2 N–H and O–H groups in total. The number of morpholine rings is 1. The number of nitrogen functional groups attached to an aromatic ring is 1. The van der Waals surface area contributed by atoms with Gasteiger partial charge in [-0.1, -0.05) is 6.92 Å². The predicted molar refractivity (Wildman–Crippen MR) is 72.7 cm³/mol. The first-order valence-corrected chi connectivity index (χ1v) is 6.48. The Morgan fingerprint density at radius 3 is 3.00 bits per heavy atom. The fraction of sp³-hybridized carbons (Fsp3) is 0.571. The zero-order chi connectivity index (χ0) is 13.0. The molecule has 1 aromatic rings. The highest BCUT2D eigenvalue weighted by Gasteiger charge is 2.19. The van der Waals surface area contributed by atoms with Gasteiger partial charge in [-0.25, -0.2) is 0 Å². The molecular weight excluding hydrogens is 228 g/mol. The lowest BCUT2D eigenvalue weighted by Gasteiger charge is -2.32. The van der Waals surface area contributed by atoms with Crippen molar-refractivity contribution in [1.29, 1.82) is 0 Å². The van der Waals surface area contributed by atoms with Crippen LogP contribution in [0, 0.1) is 0 Å². The van der Waals surface area contributed by atoms with Crippen molar-refractivity contribution in [3.05, 3.63) is 23.8 Å². The minimum atomic E-state index is 0.363. The summed E-state index contributed by atoms with van der Waals surface area (Å²) in [7, 11) is 1.67. The number of methoxy groups -OCH3 is 1. The largest absolute Gasteiger partial charge is 0.497 e. The fourth-order valence-electron chi connectivity index (χ4n) is 2.32. The molecule has 0 saturated carbocycles. The molecule has 1 aliphatic heterocycles. The second kappa shape index (κ2) is 6.07. The van der Waals surface area contributed by atoms with Crippen LogP contribution in [0.4, 0.5) is 5.69 Å². The van der Waals surface area contributed by atoms with E-state index in [-0.39, 0.29) is 0 Å². The molecule has 0 spiro atoms. The van der Waals surface area contributed by atoms with Crippen LogP contribution in [0.15, 0.2) is 18.2 Å². The standard InChI is InChI=1S/C14H22N2O2/c1-3-13-10-16(4-5-18-13)9-11-6-12(15)8-14(7-11)17-2/h6-8,13H,3-5,9-10,15H2,1-2H3. The lowest BCUT2D eigenvalue weighted by Crippen LogP contribution is -2.41. The van der Waals surface area contributed by atoms with Crippen molar-refractivity contribution >= 4 is 5.69 Å². The van der Waals surface area contributed by atoms with E-state index >= 15 is 0 Å². The first-order valence-electron chi connectivity index (χ1n) is 6.48. The van der Waals surface area contributed by atoms with Crippen LogP contribution >= 0.6 is 0 Å². The summed E-state index contributed by atoms with van der Waals surface area (Å²) in [6.07, 6.45) is 1.43. The molecule has 2 rings (SSSR count). The summed E-state index contributed by atoms with van der Waals surface area (Å²) in [5, 5.41) is 0. The van der Waals surface area contributed by atoms with Crippen molar-refractivity contribution in [3.63, 3.8) is 0 Å². The molecule has 1 saturated heterocycles. The van der Waals surface area contributed by atoms with Crippen LogP contribution < -0.4 is 10.5 Å². The Balaban J connectivity index is 2.02. The molecule has 1 atom stereocenters. The van der Waals surface area contributed by atoms with E-state index in [0.29, 0.717) is 6.10 Å². The van der Waals surface area contributed by atoms with Crippen LogP contribution in [-0.2, 0) is 11.3 Å². The van der Waals surface area contributed by atoms with E-state index in [0.717, 1.165) is 44.1 Å². The SMILES string of the molecule is CCC1CN(Cc2cc(N)cc(OC)c2)CCO1. The zero-order valence-electron chi connectivity index (χ0n) is 11.2. The van der Waals surface area contributed by atoms with Gasteiger partial charge in [-0.15, -0.1) is 0 Å². The molecule has 0 bridgehead atoms. The minimum Gasteiger partial charge on any atom is -0.497 e. The number of nitrogens with zero attached hydrogens (tertiary/aromatic N) is 1. The Labute approximate surface area is 109 Å². The van der Waals surface area contributed by atoms with Gasteiger partial charge in [-0.05, 0) is 24.1 Å². The van der Waals surface area contributed by atoms with Gasteiger partial charge in [-0.2, -0.15) is 0 Å². The van der Waals surface area contributed by atoms with Crippen LogP contribution in [0.5, 0.6) is 5.75 Å². The van der Waals surface area contributed by atoms with Gasteiger partial charge in [0.25, 0.3) is 0 Å². The summed E-state index contributed by atoms with van der Waals surface area (Å²) in [6.45, 7) is 5.86. The Morgan fingerprint density at radius 2 is 2.28 bits per heavy atom. The second-order valence-electron chi connectivity index (χ2n) is 4.75. The maximum Gasteiger partial charge on any atom is 0.121 e. The molecule has 4 heteroatoms. The number of hydrogen-bond donors (Lipinski definition) is 1. The van der Waals surface area contributed by atoms with Crippen molar-refractivity contribution in [2.75, 3.05) is 32.5 Å². The highest BCUT2D eigenvalue weighted by atomic mass is 16.5. The topological polar surface area (TPSA) is 47.7 Å². The summed E-state index contributed by atoms with van der Waals surface area (Å²) in [5.74, 6) is 0.824. The zero-order valence-corrected chi connectivity index (χ0v) is 11.2. The van der Waals surface area contributed by atoms with E-state index < -0.39 is 0 Å². The molecule has 4 nitrogen and oxygen atoms in total. The summed E-state index contributed by atoms with van der Waals surface area (Å²) >= 11 is 0. The Hall–Kier alpha value is -1.26. The van der Waals surface area contributed by atoms with E-state index in [1.807, 2.05) is 18.2 Å². The first-order chi connectivity index (χ1) is 8.71. The third-order valence-electron chi connectivity index (χ3n) is 3.31. The number of rotatable bonds is 4. The maximum atomic E-state index is 5.87. The molecule has 0 aromatic heterocycles. The average molecular weight is 250 g/mol. The molecular formula is C14H22N2O2. The Kier molecular flexibility index (Phi) is 4.44. The summed E-state index contributed by atoms with van der Waals surface area (Å²) < 4.78 is 10.9. The number of benzene rings is 1. The molecule has 1 aliphatic rings. The molecule has 0 amide bonds. The van der Waals surface area contributed by atoms with Crippen molar-refractivity contribution in [2.45, 2.75) is 26.0 Å². The summed E-state index contributed by atoms with van der Waals surface area (Å²) in [4.78, 5) is 2.41. The van der Waals surface area contributed by atoms with Crippen molar-refractivity contribution < 1.29 is 9.47 Å². The quantitative estimate of drug-likeness (QED) is 0.829. The molecule has 1 fully saturated rings. The third kappa shape index (κ3) is 3.37. The van der Waals surface area contributed by atoms with Gasteiger partial charge in [0.2, 0.25) is 0 Å². The minimum absolute atomic E-state index is 0.363. The number of anilines is 1. The fourth-order valence-corrected chi connectivity index (χ4v) is 2.32. The van der Waals surface area contributed by atoms with E-state index in [4.69, 9.17) is 15.2 Å². The Bertz CT molecular complexity index is 395. The van der Waals surface area contributed by atoms with Crippen LogP contribution in [0.3, 0.4) is 0 Å². The molecule has 1 unspecified atom stereocenters. The van der Waals surface area contributed by atoms with Crippen LogP contribution in [0.2, 0.25) is 0 Å². The van der Waals surface area contributed by atoms with Gasteiger partial charge in [-0.3, -0.25) is 4.90 Å². The first kappa shape index (κ1) is 13.2. The highest BCUT2D eigenvalue weighted by Crippen LogP contribution is 2.20. The maximum absolute atomic E-state index is 5.87. The number of hydrogen-bond acceptors (Lipinski definition) is 4. The smallest absolute Gasteiger partial charge is 0.121 e. The van der Waals surface area contributed by atoms with E-state index in [1.165, 1.54) is 5.56 Å². The number of ether oxygens (including phenoxy) is 2. The lowest BCUT2D eigenvalue weighted by molar-refractivity contribution is -0.0324. The normalized spacial score (nSPS) is 20.9. The number of nitrogens with two attached hydrogens (primary N) is 1. The van der Waals surface area contributed by atoms with Gasteiger partial charge in [0.05, 0.1) is 19.8 Å². The molecule has 0 aliphatic carbocycles. The molecule has 18 heavy (non-hydrogen) atoms. The lowest BCUT2D eigenvalue weighted by atomic mass is 10.1. The summed E-state index contributed by atoms with van der Waals surface area (Å²) in [6, 6.07) is 5.91.